The Morgan fingerprint density at radius 2 is 2.04 bits per heavy atom. The lowest BCUT2D eigenvalue weighted by atomic mass is 10.1. The van der Waals surface area contributed by atoms with E-state index in [1.54, 1.807) is 0 Å². The summed E-state index contributed by atoms with van der Waals surface area (Å²) in [6.07, 6.45) is 6.94. The molecule has 25 heavy (non-hydrogen) atoms. The predicted octanol–water partition coefficient (Wildman–Crippen LogP) is 4.23. The zero-order valence-electron chi connectivity index (χ0n) is 14.4. The van der Waals surface area contributed by atoms with Crippen LogP contribution in [0.3, 0.4) is 0 Å². The summed E-state index contributed by atoms with van der Waals surface area (Å²) in [5.41, 5.74) is 5.51. The summed E-state index contributed by atoms with van der Waals surface area (Å²) < 4.78 is 2.24. The number of nitrogens with one attached hydrogen (secondary N) is 1. The number of aryl methyl sites for hydroxylation is 1. The van der Waals surface area contributed by atoms with Gasteiger partial charge in [0, 0.05) is 22.8 Å². The number of nitrogens with zero attached hydrogens (tertiary/aromatic N) is 4. The van der Waals surface area contributed by atoms with Gasteiger partial charge in [-0.2, -0.15) is 5.10 Å². The van der Waals surface area contributed by atoms with Crippen LogP contribution in [-0.2, 0) is 6.54 Å². The van der Waals surface area contributed by atoms with Crippen molar-refractivity contribution in [3.05, 3.63) is 53.5 Å². The Morgan fingerprint density at radius 3 is 2.92 bits per heavy atom. The van der Waals surface area contributed by atoms with Crippen molar-refractivity contribution in [2.45, 2.75) is 45.2 Å². The molecule has 1 saturated carbocycles. The van der Waals surface area contributed by atoms with Gasteiger partial charge < -0.3 is 5.32 Å². The number of aromatic nitrogens is 3. The molecule has 1 fully saturated rings. The molecule has 0 unspecified atom stereocenters. The van der Waals surface area contributed by atoms with Crippen LogP contribution in [-0.4, -0.2) is 20.6 Å². The third-order valence-electron chi connectivity index (χ3n) is 5.35. The maximum atomic E-state index is 4.83. The molecule has 3 aromatic rings. The maximum absolute atomic E-state index is 4.83. The van der Waals surface area contributed by atoms with Gasteiger partial charge >= 0.3 is 0 Å². The van der Waals surface area contributed by atoms with E-state index >= 15 is 0 Å². The first kappa shape index (κ1) is 14.6. The number of fused-ring (bicyclic) bond motifs is 2. The monoisotopic (exact) mass is 331 g/mol. The van der Waals surface area contributed by atoms with E-state index in [0.29, 0.717) is 12.6 Å². The molecule has 0 radical (unpaired) electrons. The number of anilines is 1. The van der Waals surface area contributed by atoms with Crippen molar-refractivity contribution in [2.24, 2.45) is 4.99 Å². The molecule has 126 valence electrons. The molecule has 5 nitrogen and oxygen atoms in total. The van der Waals surface area contributed by atoms with E-state index in [1.807, 2.05) is 12.3 Å². The molecule has 0 bridgehead atoms. The Hall–Kier alpha value is -2.69. The van der Waals surface area contributed by atoms with Crippen molar-refractivity contribution in [3.8, 4) is 0 Å². The van der Waals surface area contributed by atoms with Gasteiger partial charge in [-0.25, -0.2) is 0 Å². The first-order valence-corrected chi connectivity index (χ1v) is 9.04. The van der Waals surface area contributed by atoms with Crippen molar-refractivity contribution in [3.63, 3.8) is 0 Å². The molecule has 0 atom stereocenters. The van der Waals surface area contributed by atoms with E-state index in [9.17, 15) is 0 Å². The summed E-state index contributed by atoms with van der Waals surface area (Å²) in [6.45, 7) is 2.80. The summed E-state index contributed by atoms with van der Waals surface area (Å²) >= 11 is 0. The summed E-state index contributed by atoms with van der Waals surface area (Å²) in [6, 6.07) is 11.1. The number of aliphatic imine (C=N–C) groups is 1. The lowest BCUT2D eigenvalue weighted by Crippen LogP contribution is -2.13. The van der Waals surface area contributed by atoms with Crippen molar-refractivity contribution >= 4 is 22.4 Å². The van der Waals surface area contributed by atoms with E-state index in [0.717, 1.165) is 22.9 Å². The minimum Gasteiger partial charge on any atom is -0.339 e. The van der Waals surface area contributed by atoms with Crippen LogP contribution in [0.4, 0.5) is 5.69 Å². The van der Waals surface area contributed by atoms with Crippen LogP contribution in [0, 0.1) is 6.92 Å². The zero-order valence-corrected chi connectivity index (χ0v) is 14.4. The van der Waals surface area contributed by atoms with Crippen molar-refractivity contribution < 1.29 is 0 Å². The number of rotatable bonds is 2. The van der Waals surface area contributed by atoms with Crippen molar-refractivity contribution in [2.75, 3.05) is 5.32 Å². The predicted molar refractivity (Wildman–Crippen MR) is 100 cm³/mol. The molecule has 5 rings (SSSR count). The quantitative estimate of drug-likeness (QED) is 0.764. The van der Waals surface area contributed by atoms with E-state index in [4.69, 9.17) is 5.10 Å². The highest BCUT2D eigenvalue weighted by Gasteiger charge is 2.21. The molecule has 5 heteroatoms. The van der Waals surface area contributed by atoms with Crippen LogP contribution in [0.2, 0.25) is 0 Å². The summed E-state index contributed by atoms with van der Waals surface area (Å²) in [5, 5.41) is 9.49. The lowest BCUT2D eigenvalue weighted by molar-refractivity contribution is 0.479. The molecular weight excluding hydrogens is 310 g/mol. The molecule has 2 aromatic heterocycles. The summed E-state index contributed by atoms with van der Waals surface area (Å²) in [7, 11) is 0. The van der Waals surface area contributed by atoms with Crippen LogP contribution >= 0.6 is 0 Å². The number of benzene rings is 1. The number of amidine groups is 1. The molecular formula is C20H21N5. The molecule has 1 aliphatic carbocycles. The maximum Gasteiger partial charge on any atom is 0.152 e. The van der Waals surface area contributed by atoms with Gasteiger partial charge in [0.25, 0.3) is 0 Å². The number of pyridine rings is 1. The van der Waals surface area contributed by atoms with E-state index in [2.05, 4.69) is 51.2 Å². The zero-order chi connectivity index (χ0) is 16.8. The molecule has 3 heterocycles. The van der Waals surface area contributed by atoms with Crippen molar-refractivity contribution in [1.29, 1.82) is 0 Å². The SMILES string of the molecule is Cc1nn(C2CCCC2)c2ccc(NC3=NCc4cccnc43)cc12. The number of hydrogen-bond acceptors (Lipinski definition) is 4. The first-order chi connectivity index (χ1) is 12.3. The lowest BCUT2D eigenvalue weighted by Gasteiger charge is -2.12. The second kappa shape index (κ2) is 5.69. The van der Waals surface area contributed by atoms with Gasteiger partial charge in [0.15, 0.2) is 5.84 Å². The van der Waals surface area contributed by atoms with Gasteiger partial charge in [0.05, 0.1) is 23.8 Å². The molecule has 2 aliphatic rings. The highest BCUT2D eigenvalue weighted by molar-refractivity contribution is 6.09. The van der Waals surface area contributed by atoms with E-state index in [-0.39, 0.29) is 0 Å². The van der Waals surface area contributed by atoms with Crippen LogP contribution in [0.15, 0.2) is 41.5 Å². The van der Waals surface area contributed by atoms with Gasteiger partial charge in [0.2, 0.25) is 0 Å². The average molecular weight is 331 g/mol. The second-order valence-electron chi connectivity index (χ2n) is 7.00. The Morgan fingerprint density at radius 1 is 1.16 bits per heavy atom. The van der Waals surface area contributed by atoms with E-state index in [1.165, 1.54) is 42.1 Å². The standard InChI is InChI=1S/C20H21N5/c1-13-17-11-15(23-20-19-14(12-22-20)5-4-10-21-19)8-9-18(17)25(24-13)16-6-2-3-7-16/h4-5,8-11,16H,2-3,6-7,12H2,1H3,(H,22,23). The third kappa shape index (κ3) is 2.42. The van der Waals surface area contributed by atoms with Crippen LogP contribution in [0.1, 0.15) is 48.7 Å². The highest BCUT2D eigenvalue weighted by Crippen LogP contribution is 2.33. The van der Waals surface area contributed by atoms with Gasteiger partial charge in [-0.05, 0) is 44.0 Å². The molecule has 1 aromatic carbocycles. The smallest absolute Gasteiger partial charge is 0.152 e. The van der Waals surface area contributed by atoms with Gasteiger partial charge in [-0.15, -0.1) is 0 Å². The number of hydrogen-bond donors (Lipinski definition) is 1. The van der Waals surface area contributed by atoms with Gasteiger partial charge in [-0.1, -0.05) is 18.9 Å². The summed E-state index contributed by atoms with van der Waals surface area (Å²) in [5.74, 6) is 0.857. The largest absolute Gasteiger partial charge is 0.339 e. The molecule has 1 N–H and O–H groups in total. The van der Waals surface area contributed by atoms with Gasteiger partial charge in [-0.3, -0.25) is 14.7 Å². The molecule has 0 saturated heterocycles. The summed E-state index contributed by atoms with van der Waals surface area (Å²) in [4.78, 5) is 9.06. The minimum atomic E-state index is 0.560. The normalized spacial score (nSPS) is 17.1. The highest BCUT2D eigenvalue weighted by atomic mass is 15.3. The van der Waals surface area contributed by atoms with Crippen molar-refractivity contribution in [1.82, 2.24) is 14.8 Å². The van der Waals surface area contributed by atoms with Gasteiger partial charge in [0.1, 0.15) is 5.69 Å². The van der Waals surface area contributed by atoms with E-state index < -0.39 is 0 Å². The Kier molecular flexibility index (Phi) is 3.33. The third-order valence-corrected chi connectivity index (χ3v) is 5.35. The Bertz CT molecular complexity index is 979. The molecule has 1 aliphatic heterocycles. The second-order valence-corrected chi connectivity index (χ2v) is 7.00. The topological polar surface area (TPSA) is 55.1 Å². The fourth-order valence-corrected chi connectivity index (χ4v) is 4.05. The fourth-order valence-electron chi connectivity index (χ4n) is 4.05. The van der Waals surface area contributed by atoms with Crippen LogP contribution in [0.5, 0.6) is 0 Å². The van der Waals surface area contributed by atoms with Crippen LogP contribution in [0.25, 0.3) is 10.9 Å². The van der Waals surface area contributed by atoms with Crippen LogP contribution < -0.4 is 5.32 Å². The average Bonchev–Trinajstić information content (AvgIpc) is 3.36. The molecule has 0 spiro atoms. The Balaban J connectivity index is 1.48. The molecule has 0 amide bonds. The minimum absolute atomic E-state index is 0.560. The Labute approximate surface area is 146 Å². The first-order valence-electron chi connectivity index (χ1n) is 9.04. The fraction of sp³-hybridized carbons (Fsp3) is 0.350.